The average Bonchev–Trinajstić information content (AvgIpc) is 2.42. The van der Waals surface area contributed by atoms with E-state index in [0.717, 1.165) is 0 Å². The fourth-order valence-electron chi connectivity index (χ4n) is 2.75. The molecule has 1 aromatic carbocycles. The fraction of sp³-hybridized carbons (Fsp3) is 0.467. The quantitative estimate of drug-likeness (QED) is 0.883. The summed E-state index contributed by atoms with van der Waals surface area (Å²) in [7, 11) is 0. The van der Waals surface area contributed by atoms with Crippen molar-refractivity contribution in [3.63, 3.8) is 0 Å². The van der Waals surface area contributed by atoms with Crippen LogP contribution in [0.3, 0.4) is 0 Å². The summed E-state index contributed by atoms with van der Waals surface area (Å²) in [5, 5.41) is 9.04. The molecule has 1 aliphatic rings. The van der Waals surface area contributed by atoms with E-state index < -0.39 is 11.9 Å². The summed E-state index contributed by atoms with van der Waals surface area (Å²) < 4.78 is 13.8. The van der Waals surface area contributed by atoms with E-state index in [1.165, 1.54) is 18.2 Å². The molecule has 1 aromatic rings. The Labute approximate surface area is 122 Å². The molecule has 0 spiro atoms. The number of carbonyl (C=O) groups is 2. The molecule has 5 nitrogen and oxygen atoms in total. The maximum Gasteiger partial charge on any atom is 0.306 e. The fourth-order valence-corrected chi connectivity index (χ4v) is 2.75. The highest BCUT2D eigenvalue weighted by Crippen LogP contribution is 2.25. The molecule has 3 N–H and O–H groups in total. The third-order valence-corrected chi connectivity index (χ3v) is 4.07. The molecular formula is C15H19FN2O3. The van der Waals surface area contributed by atoms with Gasteiger partial charge in [0.15, 0.2) is 0 Å². The van der Waals surface area contributed by atoms with Gasteiger partial charge in [-0.2, -0.15) is 0 Å². The molecule has 1 saturated heterocycles. The minimum atomic E-state index is -0.775. The Kier molecular flexibility index (Phi) is 4.57. The van der Waals surface area contributed by atoms with Crippen molar-refractivity contribution in [1.82, 2.24) is 4.90 Å². The molecule has 0 saturated carbocycles. The molecule has 1 fully saturated rings. The molecule has 6 heteroatoms. The molecule has 2 unspecified atom stereocenters. The molecule has 114 valence electrons. The molecule has 1 amide bonds. The predicted molar refractivity (Wildman–Crippen MR) is 75.1 cm³/mol. The van der Waals surface area contributed by atoms with Crippen LogP contribution in [-0.2, 0) is 11.3 Å². The van der Waals surface area contributed by atoms with Crippen molar-refractivity contribution in [3.8, 4) is 0 Å². The van der Waals surface area contributed by atoms with Gasteiger partial charge in [0, 0.05) is 23.7 Å². The van der Waals surface area contributed by atoms with E-state index in [0.29, 0.717) is 31.5 Å². The second kappa shape index (κ2) is 6.22. The summed E-state index contributed by atoms with van der Waals surface area (Å²) in [6.45, 7) is 2.88. The summed E-state index contributed by atoms with van der Waals surface area (Å²) >= 11 is 0. The number of primary amides is 1. The number of benzene rings is 1. The number of halogens is 1. The smallest absolute Gasteiger partial charge is 0.306 e. The normalized spacial score (nSPS) is 23.0. The number of aliphatic carboxylic acids is 1. The van der Waals surface area contributed by atoms with Crippen molar-refractivity contribution >= 4 is 11.9 Å². The van der Waals surface area contributed by atoms with Gasteiger partial charge < -0.3 is 10.8 Å². The summed E-state index contributed by atoms with van der Waals surface area (Å²) in [5.74, 6) is -2.08. The van der Waals surface area contributed by atoms with E-state index in [1.807, 2.05) is 11.8 Å². The van der Waals surface area contributed by atoms with Gasteiger partial charge in [-0.1, -0.05) is 0 Å². The van der Waals surface area contributed by atoms with Crippen molar-refractivity contribution in [2.45, 2.75) is 32.4 Å². The lowest BCUT2D eigenvalue weighted by Gasteiger charge is -2.36. The second-order valence-corrected chi connectivity index (χ2v) is 5.55. The number of likely N-dealkylation sites (tertiary alicyclic amines) is 1. The Morgan fingerprint density at radius 3 is 2.76 bits per heavy atom. The van der Waals surface area contributed by atoms with Gasteiger partial charge >= 0.3 is 5.97 Å². The third-order valence-electron chi connectivity index (χ3n) is 4.07. The number of piperidine rings is 1. The zero-order valence-electron chi connectivity index (χ0n) is 11.9. The number of carboxylic acid groups (broad SMARTS) is 1. The van der Waals surface area contributed by atoms with Crippen LogP contribution in [-0.4, -0.2) is 34.5 Å². The van der Waals surface area contributed by atoms with Crippen molar-refractivity contribution in [1.29, 1.82) is 0 Å². The van der Waals surface area contributed by atoms with Gasteiger partial charge in [-0.05, 0) is 44.5 Å². The Morgan fingerprint density at radius 1 is 1.48 bits per heavy atom. The number of nitrogens with zero attached hydrogens (tertiary/aromatic N) is 1. The first-order valence-corrected chi connectivity index (χ1v) is 6.93. The topological polar surface area (TPSA) is 83.6 Å². The van der Waals surface area contributed by atoms with E-state index in [1.54, 1.807) is 0 Å². The number of rotatable bonds is 4. The van der Waals surface area contributed by atoms with Gasteiger partial charge in [0.05, 0.1) is 5.92 Å². The van der Waals surface area contributed by atoms with E-state index in [-0.39, 0.29) is 23.3 Å². The summed E-state index contributed by atoms with van der Waals surface area (Å²) in [5.41, 5.74) is 5.89. The maximum atomic E-state index is 13.8. The zero-order valence-corrected chi connectivity index (χ0v) is 11.9. The molecule has 0 aliphatic carbocycles. The lowest BCUT2D eigenvalue weighted by Crippen LogP contribution is -2.42. The van der Waals surface area contributed by atoms with Crippen LogP contribution in [0.5, 0.6) is 0 Å². The molecule has 2 atom stereocenters. The molecule has 2 rings (SSSR count). The van der Waals surface area contributed by atoms with Crippen LogP contribution in [0.4, 0.5) is 4.39 Å². The van der Waals surface area contributed by atoms with E-state index in [2.05, 4.69) is 0 Å². The minimum Gasteiger partial charge on any atom is -0.481 e. The van der Waals surface area contributed by atoms with Crippen molar-refractivity contribution in [2.75, 3.05) is 6.54 Å². The largest absolute Gasteiger partial charge is 0.481 e. The monoisotopic (exact) mass is 294 g/mol. The van der Waals surface area contributed by atoms with Crippen LogP contribution < -0.4 is 5.73 Å². The molecule has 1 heterocycles. The van der Waals surface area contributed by atoms with Crippen LogP contribution in [0.2, 0.25) is 0 Å². The standard InChI is InChI=1S/C15H19FN2O3/c1-9-6-11(15(20)21)4-5-18(9)8-12-7-10(14(17)19)2-3-13(12)16/h2-3,7,9,11H,4-6,8H2,1H3,(H2,17,19)(H,20,21). The Balaban J connectivity index is 2.10. The maximum absolute atomic E-state index is 13.8. The number of hydrogen-bond acceptors (Lipinski definition) is 3. The molecule has 0 radical (unpaired) electrons. The van der Waals surface area contributed by atoms with Gasteiger partial charge in [0.1, 0.15) is 5.82 Å². The Morgan fingerprint density at radius 2 is 2.19 bits per heavy atom. The van der Waals surface area contributed by atoms with Crippen LogP contribution >= 0.6 is 0 Å². The number of nitrogens with two attached hydrogens (primary N) is 1. The van der Waals surface area contributed by atoms with E-state index in [9.17, 15) is 14.0 Å². The van der Waals surface area contributed by atoms with Crippen molar-refractivity contribution < 1.29 is 19.1 Å². The third kappa shape index (κ3) is 3.58. The molecular weight excluding hydrogens is 275 g/mol. The SMILES string of the molecule is CC1CC(C(=O)O)CCN1Cc1cc(C(N)=O)ccc1F. The average molecular weight is 294 g/mol. The van der Waals surface area contributed by atoms with Gasteiger partial charge in [-0.25, -0.2) is 4.39 Å². The molecule has 21 heavy (non-hydrogen) atoms. The van der Waals surface area contributed by atoms with Gasteiger partial charge in [-0.3, -0.25) is 14.5 Å². The van der Waals surface area contributed by atoms with Gasteiger partial charge in [0.25, 0.3) is 0 Å². The highest BCUT2D eigenvalue weighted by atomic mass is 19.1. The molecule has 0 aromatic heterocycles. The zero-order chi connectivity index (χ0) is 15.6. The first-order valence-electron chi connectivity index (χ1n) is 6.93. The summed E-state index contributed by atoms with van der Waals surface area (Å²) in [6, 6.07) is 4.12. The van der Waals surface area contributed by atoms with E-state index >= 15 is 0 Å². The number of hydrogen-bond donors (Lipinski definition) is 2. The van der Waals surface area contributed by atoms with Crippen LogP contribution in [0.25, 0.3) is 0 Å². The highest BCUT2D eigenvalue weighted by molar-refractivity contribution is 5.92. The lowest BCUT2D eigenvalue weighted by atomic mass is 9.91. The first-order chi connectivity index (χ1) is 9.88. The first kappa shape index (κ1) is 15.4. The van der Waals surface area contributed by atoms with Crippen LogP contribution in [0, 0.1) is 11.7 Å². The Hall–Kier alpha value is -1.95. The van der Waals surface area contributed by atoms with Crippen molar-refractivity contribution in [3.05, 3.63) is 35.1 Å². The van der Waals surface area contributed by atoms with Crippen LogP contribution in [0.1, 0.15) is 35.7 Å². The van der Waals surface area contributed by atoms with Gasteiger partial charge in [-0.15, -0.1) is 0 Å². The lowest BCUT2D eigenvalue weighted by molar-refractivity contribution is -0.144. The number of carbonyl (C=O) groups excluding carboxylic acids is 1. The predicted octanol–water partition coefficient (Wildman–Crippen LogP) is 1.61. The van der Waals surface area contributed by atoms with Crippen molar-refractivity contribution in [2.24, 2.45) is 11.7 Å². The second-order valence-electron chi connectivity index (χ2n) is 5.55. The minimum absolute atomic E-state index is 0.0523. The summed E-state index contributed by atoms with van der Waals surface area (Å²) in [4.78, 5) is 24.2. The molecule has 0 bridgehead atoms. The summed E-state index contributed by atoms with van der Waals surface area (Å²) in [6.07, 6.45) is 1.10. The van der Waals surface area contributed by atoms with Gasteiger partial charge in [0.2, 0.25) is 5.91 Å². The number of carboxylic acids is 1. The van der Waals surface area contributed by atoms with E-state index in [4.69, 9.17) is 10.8 Å². The Bertz CT molecular complexity index is 562. The highest BCUT2D eigenvalue weighted by Gasteiger charge is 2.29. The van der Waals surface area contributed by atoms with Crippen LogP contribution in [0.15, 0.2) is 18.2 Å². The number of amides is 1. The molecule has 1 aliphatic heterocycles.